The first-order valence-corrected chi connectivity index (χ1v) is 9.55. The number of hydrogen-bond acceptors (Lipinski definition) is 7. The van der Waals surface area contributed by atoms with E-state index in [0.717, 1.165) is 22.9 Å². The number of aromatic nitrogens is 2. The summed E-state index contributed by atoms with van der Waals surface area (Å²) in [6.45, 7) is 1.87. The third kappa shape index (κ3) is 4.90. The van der Waals surface area contributed by atoms with Crippen molar-refractivity contribution >= 4 is 35.4 Å². The molecule has 29 heavy (non-hydrogen) atoms. The summed E-state index contributed by atoms with van der Waals surface area (Å²) in [5.74, 6) is 0.279. The fourth-order valence-corrected chi connectivity index (χ4v) is 3.35. The highest BCUT2D eigenvalue weighted by atomic mass is 35.5. The van der Waals surface area contributed by atoms with Gasteiger partial charge in [-0.3, -0.25) is 0 Å². The Morgan fingerprint density at radius 3 is 2.62 bits per heavy atom. The van der Waals surface area contributed by atoms with Crippen molar-refractivity contribution in [1.82, 2.24) is 10.2 Å². The number of nitrogens with zero attached hydrogens (tertiary/aromatic N) is 2. The van der Waals surface area contributed by atoms with Crippen molar-refractivity contribution in [2.45, 2.75) is 12.1 Å². The zero-order valence-corrected chi connectivity index (χ0v) is 17.4. The number of aliphatic carboxylic acids is 1. The Balaban J connectivity index is 1.90. The molecule has 0 saturated carbocycles. The Kier molecular flexibility index (Phi) is 6.46. The molecule has 2 aromatic carbocycles. The lowest BCUT2D eigenvalue weighted by molar-refractivity contribution is -0.131. The van der Waals surface area contributed by atoms with Gasteiger partial charge in [-0.1, -0.05) is 17.7 Å². The Morgan fingerprint density at radius 1 is 1.17 bits per heavy atom. The van der Waals surface area contributed by atoms with Crippen molar-refractivity contribution in [2.75, 3.05) is 14.2 Å². The van der Waals surface area contributed by atoms with Crippen molar-refractivity contribution in [3.8, 4) is 23.0 Å². The molecule has 3 aromatic rings. The van der Waals surface area contributed by atoms with Gasteiger partial charge >= 0.3 is 5.97 Å². The first kappa shape index (κ1) is 20.8. The van der Waals surface area contributed by atoms with Crippen LogP contribution in [0.1, 0.15) is 11.1 Å². The zero-order valence-electron chi connectivity index (χ0n) is 15.8. The average molecular weight is 433 g/mol. The zero-order chi connectivity index (χ0) is 21.0. The van der Waals surface area contributed by atoms with Crippen molar-refractivity contribution < 1.29 is 23.8 Å². The molecule has 0 aliphatic carbocycles. The number of thioether (sulfide) groups is 1. The third-order valence-electron chi connectivity index (χ3n) is 3.97. The molecule has 1 aromatic heterocycles. The van der Waals surface area contributed by atoms with Crippen LogP contribution in [0.3, 0.4) is 0 Å². The van der Waals surface area contributed by atoms with E-state index in [1.807, 2.05) is 13.0 Å². The summed E-state index contributed by atoms with van der Waals surface area (Å²) in [6, 6.07) is 10.4. The van der Waals surface area contributed by atoms with Crippen LogP contribution < -0.4 is 9.47 Å². The lowest BCUT2D eigenvalue weighted by Crippen LogP contribution is -1.97. The van der Waals surface area contributed by atoms with E-state index in [1.54, 1.807) is 43.5 Å². The summed E-state index contributed by atoms with van der Waals surface area (Å²) in [6.07, 6.45) is 1.55. The highest BCUT2D eigenvalue weighted by Gasteiger charge is 2.18. The van der Waals surface area contributed by atoms with Gasteiger partial charge in [0.25, 0.3) is 11.1 Å². The molecule has 0 aliphatic rings. The highest BCUT2D eigenvalue weighted by molar-refractivity contribution is 8.03. The van der Waals surface area contributed by atoms with Crippen LogP contribution >= 0.6 is 23.4 Å². The number of rotatable bonds is 7. The van der Waals surface area contributed by atoms with E-state index in [-0.39, 0.29) is 16.0 Å². The monoisotopic (exact) mass is 432 g/mol. The second-order valence-corrected chi connectivity index (χ2v) is 7.29. The molecule has 9 heteroatoms. The van der Waals surface area contributed by atoms with Crippen molar-refractivity contribution in [2.24, 2.45) is 0 Å². The number of aryl methyl sites for hydroxylation is 1. The first-order chi connectivity index (χ1) is 13.9. The summed E-state index contributed by atoms with van der Waals surface area (Å²) in [7, 11) is 3.09. The van der Waals surface area contributed by atoms with Gasteiger partial charge in [0.1, 0.15) is 16.4 Å². The minimum atomic E-state index is -1.11. The van der Waals surface area contributed by atoms with Gasteiger partial charge in [-0.25, -0.2) is 4.79 Å². The number of carboxylic acid groups (broad SMARTS) is 1. The summed E-state index contributed by atoms with van der Waals surface area (Å²) < 4.78 is 16.1. The van der Waals surface area contributed by atoms with Crippen LogP contribution in [0.25, 0.3) is 17.5 Å². The van der Waals surface area contributed by atoms with Crippen LogP contribution in [0.4, 0.5) is 0 Å². The SMILES string of the molecule is COc1ccc(/C=C(\Sc2nnc(-c3cc(Cl)ccc3OC)o2)C(=O)O)c(C)c1. The lowest BCUT2D eigenvalue weighted by atomic mass is 10.1. The predicted octanol–water partition coefficient (Wildman–Crippen LogP) is 4.93. The molecule has 0 atom stereocenters. The van der Waals surface area contributed by atoms with Crippen molar-refractivity contribution in [1.29, 1.82) is 0 Å². The van der Waals surface area contributed by atoms with Crippen LogP contribution in [-0.2, 0) is 4.79 Å². The Bertz CT molecular complexity index is 1080. The molecule has 0 bridgehead atoms. The number of methoxy groups -OCH3 is 2. The quantitative estimate of drug-likeness (QED) is 0.414. The van der Waals surface area contributed by atoms with Gasteiger partial charge in [-0.2, -0.15) is 0 Å². The van der Waals surface area contributed by atoms with E-state index in [2.05, 4.69) is 10.2 Å². The van der Waals surface area contributed by atoms with E-state index in [1.165, 1.54) is 7.11 Å². The van der Waals surface area contributed by atoms with Gasteiger partial charge in [0.15, 0.2) is 0 Å². The van der Waals surface area contributed by atoms with Gasteiger partial charge in [0.05, 0.1) is 19.8 Å². The summed E-state index contributed by atoms with van der Waals surface area (Å²) in [4.78, 5) is 11.8. The molecular weight excluding hydrogens is 416 g/mol. The lowest BCUT2D eigenvalue weighted by Gasteiger charge is -2.06. The van der Waals surface area contributed by atoms with Gasteiger partial charge in [0, 0.05) is 5.02 Å². The van der Waals surface area contributed by atoms with Gasteiger partial charge in [0.2, 0.25) is 0 Å². The van der Waals surface area contributed by atoms with Crippen LogP contribution in [-0.4, -0.2) is 35.5 Å². The van der Waals surface area contributed by atoms with Crippen LogP contribution in [0.2, 0.25) is 5.02 Å². The number of ether oxygens (including phenoxy) is 2. The Morgan fingerprint density at radius 2 is 1.97 bits per heavy atom. The smallest absolute Gasteiger partial charge is 0.342 e. The molecule has 0 fully saturated rings. The molecule has 1 N–H and O–H groups in total. The molecule has 0 saturated heterocycles. The van der Waals surface area contributed by atoms with Crippen LogP contribution in [0.5, 0.6) is 11.5 Å². The van der Waals surface area contributed by atoms with E-state index in [4.69, 9.17) is 25.5 Å². The second kappa shape index (κ2) is 9.02. The molecule has 0 amide bonds. The predicted molar refractivity (Wildman–Crippen MR) is 110 cm³/mol. The fourth-order valence-electron chi connectivity index (χ4n) is 2.51. The minimum absolute atomic E-state index is 0.0338. The van der Waals surface area contributed by atoms with Crippen molar-refractivity contribution in [3.05, 3.63) is 57.5 Å². The number of carboxylic acids is 1. The Hall–Kier alpha value is -2.97. The molecule has 0 radical (unpaired) electrons. The summed E-state index contributed by atoms with van der Waals surface area (Å²) in [5, 5.41) is 18.1. The number of carbonyl (C=O) groups is 1. The van der Waals surface area contributed by atoms with Gasteiger partial charge in [-0.05, 0) is 66.2 Å². The largest absolute Gasteiger partial charge is 0.497 e. The van der Waals surface area contributed by atoms with E-state index < -0.39 is 5.97 Å². The van der Waals surface area contributed by atoms with Crippen LogP contribution in [0.15, 0.2) is 50.9 Å². The standard InChI is InChI=1S/C20H17ClN2O5S/c1-11-8-14(26-2)6-4-12(11)9-17(19(24)25)29-20-23-22-18(28-20)15-10-13(21)5-7-16(15)27-3/h4-10H,1-3H3,(H,24,25)/b17-9-. The molecule has 0 aliphatic heterocycles. The maximum Gasteiger partial charge on any atom is 0.342 e. The molecule has 7 nitrogen and oxygen atoms in total. The Labute approximate surface area is 176 Å². The molecule has 0 unspecified atom stereocenters. The van der Waals surface area contributed by atoms with E-state index in [9.17, 15) is 9.90 Å². The topological polar surface area (TPSA) is 94.7 Å². The molecule has 0 spiro atoms. The van der Waals surface area contributed by atoms with E-state index >= 15 is 0 Å². The maximum atomic E-state index is 11.7. The minimum Gasteiger partial charge on any atom is -0.497 e. The summed E-state index contributed by atoms with van der Waals surface area (Å²) in [5.41, 5.74) is 2.14. The molecular formula is C20H17ClN2O5S. The summed E-state index contributed by atoms with van der Waals surface area (Å²) >= 11 is 6.90. The average Bonchev–Trinajstić information content (AvgIpc) is 3.17. The number of halogens is 1. The number of benzene rings is 2. The fraction of sp³-hybridized carbons (Fsp3) is 0.150. The molecule has 150 valence electrons. The van der Waals surface area contributed by atoms with Gasteiger partial charge < -0.3 is 19.0 Å². The number of hydrogen-bond donors (Lipinski definition) is 1. The van der Waals surface area contributed by atoms with E-state index in [0.29, 0.717) is 22.1 Å². The molecule has 3 rings (SSSR count). The first-order valence-electron chi connectivity index (χ1n) is 8.36. The van der Waals surface area contributed by atoms with Crippen molar-refractivity contribution in [3.63, 3.8) is 0 Å². The van der Waals surface area contributed by atoms with Gasteiger partial charge in [-0.15, -0.1) is 10.2 Å². The third-order valence-corrected chi connectivity index (χ3v) is 5.06. The molecule has 1 heterocycles. The second-order valence-electron chi connectivity index (χ2n) is 5.86. The van der Waals surface area contributed by atoms with Crippen LogP contribution in [0, 0.1) is 6.92 Å². The maximum absolute atomic E-state index is 11.7. The normalized spacial score (nSPS) is 11.4. The highest BCUT2D eigenvalue weighted by Crippen LogP contribution is 2.35.